The van der Waals surface area contributed by atoms with Crippen molar-refractivity contribution in [1.82, 2.24) is 14.9 Å². The van der Waals surface area contributed by atoms with Crippen molar-refractivity contribution in [2.45, 2.75) is 18.8 Å². The molecule has 4 nitrogen and oxygen atoms in total. The van der Waals surface area contributed by atoms with Crippen LogP contribution in [0.5, 0.6) is 0 Å². The zero-order valence-corrected chi connectivity index (χ0v) is 11.8. The highest BCUT2D eigenvalue weighted by Crippen LogP contribution is 2.26. The van der Waals surface area contributed by atoms with Crippen LogP contribution in [0.2, 0.25) is 5.02 Å². The molecule has 0 radical (unpaired) electrons. The van der Waals surface area contributed by atoms with E-state index in [4.69, 9.17) is 11.6 Å². The molecule has 1 aliphatic rings. The van der Waals surface area contributed by atoms with Crippen LogP contribution in [-0.4, -0.2) is 33.9 Å². The standard InChI is InChI=1S/C15H16ClN3O/c16-13-3-1-2-12(10-13)15(20)19-8-4-11(5-9-19)14-17-6-7-18-14/h1-3,6-7,10-11H,4-5,8-9H2,(H,17,18). The van der Waals surface area contributed by atoms with Gasteiger partial charge >= 0.3 is 0 Å². The van der Waals surface area contributed by atoms with Crippen LogP contribution >= 0.6 is 11.6 Å². The number of nitrogens with one attached hydrogen (secondary N) is 1. The first-order chi connectivity index (χ1) is 9.74. The number of piperidine rings is 1. The Morgan fingerprint density at radius 2 is 2.15 bits per heavy atom. The van der Waals surface area contributed by atoms with E-state index in [0.717, 1.165) is 31.8 Å². The topological polar surface area (TPSA) is 49.0 Å². The predicted molar refractivity (Wildman–Crippen MR) is 77.9 cm³/mol. The Balaban J connectivity index is 1.65. The number of hydrogen-bond donors (Lipinski definition) is 1. The van der Waals surface area contributed by atoms with Gasteiger partial charge in [0.1, 0.15) is 5.82 Å². The molecular formula is C15H16ClN3O. The van der Waals surface area contributed by atoms with Crippen molar-refractivity contribution < 1.29 is 4.79 Å². The highest BCUT2D eigenvalue weighted by Gasteiger charge is 2.25. The number of nitrogens with zero attached hydrogens (tertiary/aromatic N) is 2. The molecule has 1 aromatic carbocycles. The summed E-state index contributed by atoms with van der Waals surface area (Å²) in [4.78, 5) is 21.7. The van der Waals surface area contributed by atoms with E-state index in [1.54, 1.807) is 18.3 Å². The van der Waals surface area contributed by atoms with Crippen LogP contribution in [0, 0.1) is 0 Å². The fraction of sp³-hybridized carbons (Fsp3) is 0.333. The van der Waals surface area contributed by atoms with Crippen LogP contribution in [0.1, 0.15) is 34.9 Å². The number of H-pyrrole nitrogens is 1. The van der Waals surface area contributed by atoms with Crippen LogP contribution in [0.15, 0.2) is 36.7 Å². The number of rotatable bonds is 2. The van der Waals surface area contributed by atoms with E-state index in [2.05, 4.69) is 9.97 Å². The second-order valence-electron chi connectivity index (χ2n) is 5.05. The second-order valence-corrected chi connectivity index (χ2v) is 5.49. The Morgan fingerprint density at radius 3 is 2.80 bits per heavy atom. The molecule has 0 bridgehead atoms. The third kappa shape index (κ3) is 2.70. The SMILES string of the molecule is O=C(c1cccc(Cl)c1)N1CCC(c2ncc[nH]2)CC1. The number of carbonyl (C=O) groups is 1. The summed E-state index contributed by atoms with van der Waals surface area (Å²) in [6.07, 6.45) is 5.51. The molecule has 1 amide bonds. The summed E-state index contributed by atoms with van der Waals surface area (Å²) in [5, 5.41) is 0.598. The Hall–Kier alpha value is -1.81. The van der Waals surface area contributed by atoms with Gasteiger partial charge in [0.15, 0.2) is 0 Å². The van der Waals surface area contributed by atoms with E-state index in [-0.39, 0.29) is 5.91 Å². The van der Waals surface area contributed by atoms with Gasteiger partial charge in [0, 0.05) is 42.0 Å². The van der Waals surface area contributed by atoms with E-state index in [0.29, 0.717) is 16.5 Å². The largest absolute Gasteiger partial charge is 0.348 e. The molecule has 5 heteroatoms. The monoisotopic (exact) mass is 289 g/mol. The third-order valence-electron chi connectivity index (χ3n) is 3.76. The number of imidazole rings is 1. The number of benzene rings is 1. The number of hydrogen-bond acceptors (Lipinski definition) is 2. The van der Waals surface area contributed by atoms with Gasteiger partial charge in [0.05, 0.1) is 0 Å². The molecular weight excluding hydrogens is 274 g/mol. The van der Waals surface area contributed by atoms with Crippen LogP contribution < -0.4 is 0 Å². The lowest BCUT2D eigenvalue weighted by Crippen LogP contribution is -2.38. The van der Waals surface area contributed by atoms with Gasteiger partial charge in [-0.2, -0.15) is 0 Å². The summed E-state index contributed by atoms with van der Waals surface area (Å²) in [5.74, 6) is 1.51. The van der Waals surface area contributed by atoms with Gasteiger partial charge in [-0.1, -0.05) is 17.7 Å². The lowest BCUT2D eigenvalue weighted by atomic mass is 9.95. The van der Waals surface area contributed by atoms with Gasteiger partial charge in [-0.05, 0) is 31.0 Å². The molecule has 0 atom stereocenters. The number of likely N-dealkylation sites (tertiary alicyclic amines) is 1. The fourth-order valence-electron chi connectivity index (χ4n) is 2.66. The molecule has 1 fully saturated rings. The first-order valence-corrected chi connectivity index (χ1v) is 7.16. The molecule has 2 heterocycles. The van der Waals surface area contributed by atoms with Crippen molar-refractivity contribution >= 4 is 17.5 Å². The molecule has 1 aromatic heterocycles. The van der Waals surface area contributed by atoms with E-state index in [1.165, 1.54) is 0 Å². The number of aromatic nitrogens is 2. The summed E-state index contributed by atoms with van der Waals surface area (Å²) in [6.45, 7) is 1.52. The first-order valence-electron chi connectivity index (χ1n) is 6.78. The van der Waals surface area contributed by atoms with E-state index in [1.807, 2.05) is 23.2 Å². The first kappa shape index (κ1) is 13.2. The molecule has 2 aromatic rings. The zero-order chi connectivity index (χ0) is 13.9. The summed E-state index contributed by atoms with van der Waals surface area (Å²) in [5.41, 5.74) is 0.661. The lowest BCUT2D eigenvalue weighted by Gasteiger charge is -2.31. The lowest BCUT2D eigenvalue weighted by molar-refractivity contribution is 0.0711. The third-order valence-corrected chi connectivity index (χ3v) is 3.99. The molecule has 104 valence electrons. The molecule has 0 unspecified atom stereocenters. The second kappa shape index (κ2) is 5.67. The zero-order valence-electron chi connectivity index (χ0n) is 11.1. The highest BCUT2D eigenvalue weighted by atomic mass is 35.5. The van der Waals surface area contributed by atoms with Gasteiger partial charge in [0.25, 0.3) is 5.91 Å². The average Bonchev–Trinajstić information content (AvgIpc) is 3.01. The van der Waals surface area contributed by atoms with Gasteiger partial charge in [-0.25, -0.2) is 4.98 Å². The molecule has 20 heavy (non-hydrogen) atoms. The quantitative estimate of drug-likeness (QED) is 0.923. The van der Waals surface area contributed by atoms with E-state index < -0.39 is 0 Å². The molecule has 1 aliphatic heterocycles. The van der Waals surface area contributed by atoms with Crippen molar-refractivity contribution in [3.8, 4) is 0 Å². The molecule has 1 saturated heterocycles. The Labute approximate surface area is 122 Å². The summed E-state index contributed by atoms with van der Waals surface area (Å²) < 4.78 is 0. The van der Waals surface area contributed by atoms with Crippen molar-refractivity contribution in [2.75, 3.05) is 13.1 Å². The van der Waals surface area contributed by atoms with Crippen LogP contribution in [0.25, 0.3) is 0 Å². The molecule has 0 aliphatic carbocycles. The highest BCUT2D eigenvalue weighted by molar-refractivity contribution is 6.30. The Bertz CT molecular complexity index is 589. The number of aromatic amines is 1. The maximum absolute atomic E-state index is 12.4. The van der Waals surface area contributed by atoms with Crippen LogP contribution in [0.3, 0.4) is 0 Å². The molecule has 0 spiro atoms. The van der Waals surface area contributed by atoms with Gasteiger partial charge in [-0.15, -0.1) is 0 Å². The summed E-state index contributed by atoms with van der Waals surface area (Å²) in [7, 11) is 0. The maximum atomic E-state index is 12.4. The summed E-state index contributed by atoms with van der Waals surface area (Å²) in [6, 6.07) is 7.13. The van der Waals surface area contributed by atoms with E-state index in [9.17, 15) is 4.79 Å². The average molecular weight is 290 g/mol. The predicted octanol–water partition coefficient (Wildman–Crippen LogP) is 3.08. The molecule has 3 rings (SSSR count). The minimum absolute atomic E-state index is 0.0606. The number of amides is 1. The summed E-state index contributed by atoms with van der Waals surface area (Å²) >= 11 is 5.94. The normalized spacial score (nSPS) is 16.4. The van der Waals surface area contributed by atoms with Crippen molar-refractivity contribution in [2.24, 2.45) is 0 Å². The van der Waals surface area contributed by atoms with Crippen LogP contribution in [0.4, 0.5) is 0 Å². The van der Waals surface area contributed by atoms with Gasteiger partial charge < -0.3 is 9.88 Å². The van der Waals surface area contributed by atoms with Gasteiger partial charge in [-0.3, -0.25) is 4.79 Å². The minimum atomic E-state index is 0.0606. The van der Waals surface area contributed by atoms with Crippen molar-refractivity contribution in [3.05, 3.63) is 53.1 Å². The van der Waals surface area contributed by atoms with Gasteiger partial charge in [0.2, 0.25) is 0 Å². The van der Waals surface area contributed by atoms with Crippen LogP contribution in [-0.2, 0) is 0 Å². The fourth-order valence-corrected chi connectivity index (χ4v) is 2.85. The smallest absolute Gasteiger partial charge is 0.253 e. The molecule has 0 saturated carbocycles. The molecule has 1 N–H and O–H groups in total. The Morgan fingerprint density at radius 1 is 1.35 bits per heavy atom. The number of halogens is 1. The van der Waals surface area contributed by atoms with Crippen molar-refractivity contribution in [3.63, 3.8) is 0 Å². The Kier molecular flexibility index (Phi) is 3.74. The minimum Gasteiger partial charge on any atom is -0.348 e. The van der Waals surface area contributed by atoms with E-state index >= 15 is 0 Å². The maximum Gasteiger partial charge on any atom is 0.253 e. The van der Waals surface area contributed by atoms with Crippen molar-refractivity contribution in [1.29, 1.82) is 0 Å². The number of carbonyl (C=O) groups excluding carboxylic acids is 1.